The van der Waals surface area contributed by atoms with E-state index < -0.39 is 17.8 Å². The quantitative estimate of drug-likeness (QED) is 0.164. The molecule has 0 saturated heterocycles. The second-order valence-electron chi connectivity index (χ2n) is 10.5. The summed E-state index contributed by atoms with van der Waals surface area (Å²) < 4.78 is 27.3. The molecule has 1 aliphatic rings. The zero-order valence-electron chi connectivity index (χ0n) is 25.6. The van der Waals surface area contributed by atoms with Gasteiger partial charge in [-0.05, 0) is 35.2 Å². The highest BCUT2D eigenvalue weighted by Crippen LogP contribution is 2.42. The molecule has 2 amide bonds. The Labute approximate surface area is 279 Å². The zero-order chi connectivity index (χ0) is 32.8. The van der Waals surface area contributed by atoms with E-state index in [-0.39, 0.29) is 23.8 Å². The van der Waals surface area contributed by atoms with E-state index in [1.54, 1.807) is 31.6 Å². The van der Waals surface area contributed by atoms with Crippen molar-refractivity contribution in [3.8, 4) is 11.5 Å². The van der Waals surface area contributed by atoms with Crippen LogP contribution >= 0.6 is 23.1 Å². The molecule has 1 N–H and O–H groups in total. The average molecular weight is 671 g/mol. The summed E-state index contributed by atoms with van der Waals surface area (Å²) in [6.45, 7) is 0.420. The van der Waals surface area contributed by atoms with Crippen LogP contribution in [0.5, 0.6) is 11.5 Å². The van der Waals surface area contributed by atoms with Crippen molar-refractivity contribution in [1.82, 2.24) is 25.1 Å². The first-order chi connectivity index (χ1) is 23.0. The first kappa shape index (κ1) is 32.0. The number of hydrogen-bond acceptors (Lipinski definition) is 9. The summed E-state index contributed by atoms with van der Waals surface area (Å²) in [6.07, 6.45) is 0.510. The van der Waals surface area contributed by atoms with Crippen molar-refractivity contribution in [3.63, 3.8) is 0 Å². The molecule has 2 aromatic heterocycles. The number of carbonyl (C=O) groups excluding carboxylic acids is 2. The third kappa shape index (κ3) is 7.05. The van der Waals surface area contributed by atoms with Gasteiger partial charge in [0.1, 0.15) is 5.82 Å². The lowest BCUT2D eigenvalue weighted by Crippen LogP contribution is -2.29. The minimum atomic E-state index is -0.609. The van der Waals surface area contributed by atoms with E-state index in [2.05, 4.69) is 15.5 Å². The van der Waals surface area contributed by atoms with Crippen molar-refractivity contribution in [2.24, 2.45) is 5.10 Å². The number of rotatable bonds is 12. The summed E-state index contributed by atoms with van der Waals surface area (Å²) in [6, 6.07) is 24.7. The molecular formula is C34H31FN6O4S2. The lowest BCUT2D eigenvalue weighted by molar-refractivity contribution is -0.130. The highest BCUT2D eigenvalue weighted by molar-refractivity contribution is 7.99. The van der Waals surface area contributed by atoms with Crippen molar-refractivity contribution in [3.05, 3.63) is 124 Å². The van der Waals surface area contributed by atoms with E-state index in [1.165, 1.54) is 35.0 Å². The van der Waals surface area contributed by atoms with Crippen LogP contribution in [0.4, 0.5) is 4.39 Å². The van der Waals surface area contributed by atoms with Crippen LogP contribution in [0.1, 0.15) is 44.6 Å². The van der Waals surface area contributed by atoms with E-state index in [4.69, 9.17) is 14.6 Å². The van der Waals surface area contributed by atoms with Gasteiger partial charge in [-0.15, -0.1) is 21.5 Å². The molecule has 0 aliphatic carbocycles. The zero-order valence-corrected chi connectivity index (χ0v) is 27.3. The van der Waals surface area contributed by atoms with Crippen LogP contribution in [0.2, 0.25) is 0 Å². The van der Waals surface area contributed by atoms with E-state index in [0.29, 0.717) is 35.4 Å². The largest absolute Gasteiger partial charge is 0.493 e. The predicted molar refractivity (Wildman–Crippen MR) is 178 cm³/mol. The number of carbonyl (C=O) groups is 2. The Morgan fingerprint density at radius 3 is 2.53 bits per heavy atom. The smallest absolute Gasteiger partial charge is 0.254 e. The average Bonchev–Trinajstić information content (AvgIpc) is 3.87. The van der Waals surface area contributed by atoms with Gasteiger partial charge in [0.05, 0.1) is 55.3 Å². The van der Waals surface area contributed by atoms with Gasteiger partial charge in [-0.1, -0.05) is 72.4 Å². The molecule has 3 heterocycles. The normalized spacial score (nSPS) is 14.1. The molecule has 10 nitrogen and oxygen atoms in total. The second-order valence-corrected chi connectivity index (χ2v) is 12.4. The number of amides is 2. The fourth-order valence-corrected chi connectivity index (χ4v) is 6.85. The van der Waals surface area contributed by atoms with E-state index in [1.807, 2.05) is 70.6 Å². The molecule has 13 heteroatoms. The van der Waals surface area contributed by atoms with Crippen molar-refractivity contribution >= 4 is 40.6 Å². The number of nitrogens with zero attached hydrogens (tertiary/aromatic N) is 5. The Kier molecular flexibility index (Phi) is 9.93. The molecule has 5 aromatic rings. The minimum absolute atomic E-state index is 0.0137. The first-order valence-corrected chi connectivity index (χ1v) is 16.6. The van der Waals surface area contributed by atoms with Crippen molar-refractivity contribution in [2.75, 3.05) is 20.0 Å². The Balaban J connectivity index is 1.24. The van der Waals surface area contributed by atoms with Crippen LogP contribution in [-0.2, 0) is 17.9 Å². The number of thiophene rings is 1. The standard InChI is InChI=1S/C34H31FN6O4S2/c1-44-28-15-8-13-24(32(28)45-2)27-18-26(29-16-9-17-46-29)39-41(27)31(42)21-47-34-38-37-30(40(34)20-22-10-4-3-5-11-22)19-36-33(43)23-12-6-7-14-25(23)35/h3-17,27H,18-21H2,1-2H3,(H,36,43)/t27-/m1/s1. The summed E-state index contributed by atoms with van der Waals surface area (Å²) in [5, 5.41) is 20.2. The molecule has 3 aromatic carbocycles. The molecule has 0 fully saturated rings. The number of hydrogen-bond donors (Lipinski definition) is 1. The number of methoxy groups -OCH3 is 2. The summed E-state index contributed by atoms with van der Waals surface area (Å²) in [4.78, 5) is 27.7. The van der Waals surface area contributed by atoms with Crippen LogP contribution in [0, 0.1) is 5.82 Å². The Bertz CT molecular complexity index is 1900. The number of hydrazone groups is 1. The Morgan fingerprint density at radius 2 is 1.79 bits per heavy atom. The molecule has 47 heavy (non-hydrogen) atoms. The number of para-hydroxylation sites is 1. The summed E-state index contributed by atoms with van der Waals surface area (Å²) in [5.41, 5.74) is 2.53. The van der Waals surface area contributed by atoms with Gasteiger partial charge in [-0.2, -0.15) is 5.10 Å². The van der Waals surface area contributed by atoms with Crippen molar-refractivity contribution < 1.29 is 23.5 Å². The molecule has 0 spiro atoms. The monoisotopic (exact) mass is 670 g/mol. The third-order valence-corrected chi connectivity index (χ3v) is 9.46. The lowest BCUT2D eigenvalue weighted by atomic mass is 9.99. The number of nitrogens with one attached hydrogen (secondary N) is 1. The molecule has 0 saturated carbocycles. The maximum atomic E-state index is 14.2. The van der Waals surface area contributed by atoms with Crippen molar-refractivity contribution in [2.45, 2.75) is 30.7 Å². The number of thioether (sulfide) groups is 1. The van der Waals surface area contributed by atoms with Gasteiger partial charge in [-0.3, -0.25) is 9.59 Å². The fraction of sp³-hybridized carbons (Fsp3) is 0.206. The van der Waals surface area contributed by atoms with Crippen LogP contribution in [0.3, 0.4) is 0 Å². The molecule has 6 rings (SSSR count). The van der Waals surface area contributed by atoms with Crippen LogP contribution in [-0.4, -0.2) is 57.3 Å². The first-order valence-electron chi connectivity index (χ1n) is 14.7. The maximum absolute atomic E-state index is 14.2. The SMILES string of the molecule is COc1cccc([C@H]2CC(c3cccs3)=NN2C(=O)CSc2nnc(CNC(=O)c3ccccc3F)n2Cc2ccccc2)c1OC. The molecule has 240 valence electrons. The number of aromatic nitrogens is 3. The summed E-state index contributed by atoms with van der Waals surface area (Å²) >= 11 is 2.80. The summed E-state index contributed by atoms with van der Waals surface area (Å²) in [7, 11) is 3.16. The highest BCUT2D eigenvalue weighted by Gasteiger charge is 2.36. The van der Waals surface area contributed by atoms with Crippen LogP contribution < -0.4 is 14.8 Å². The van der Waals surface area contributed by atoms with Gasteiger partial charge >= 0.3 is 0 Å². The van der Waals surface area contributed by atoms with Gasteiger partial charge in [0.15, 0.2) is 22.5 Å². The number of benzene rings is 3. The molecule has 0 unspecified atom stereocenters. The summed E-state index contributed by atoms with van der Waals surface area (Å²) in [5.74, 6) is 0.222. The van der Waals surface area contributed by atoms with Crippen LogP contribution in [0.25, 0.3) is 0 Å². The maximum Gasteiger partial charge on any atom is 0.254 e. The molecule has 1 aliphatic heterocycles. The fourth-order valence-electron chi connectivity index (χ4n) is 5.32. The van der Waals surface area contributed by atoms with Gasteiger partial charge in [0, 0.05) is 12.0 Å². The topological polar surface area (TPSA) is 111 Å². The van der Waals surface area contributed by atoms with E-state index in [9.17, 15) is 14.0 Å². The molecule has 0 bridgehead atoms. The molecule has 1 atom stereocenters. The van der Waals surface area contributed by atoms with Gasteiger partial charge < -0.3 is 19.4 Å². The van der Waals surface area contributed by atoms with Gasteiger partial charge in [0.25, 0.3) is 11.8 Å². The minimum Gasteiger partial charge on any atom is -0.493 e. The van der Waals surface area contributed by atoms with E-state index in [0.717, 1.165) is 21.7 Å². The highest BCUT2D eigenvalue weighted by atomic mass is 32.2. The lowest BCUT2D eigenvalue weighted by Gasteiger charge is -2.24. The van der Waals surface area contributed by atoms with Gasteiger partial charge in [0.2, 0.25) is 0 Å². The van der Waals surface area contributed by atoms with Crippen molar-refractivity contribution in [1.29, 1.82) is 0 Å². The third-order valence-electron chi connectivity index (χ3n) is 7.59. The molecule has 0 radical (unpaired) electrons. The second kappa shape index (κ2) is 14.6. The van der Waals surface area contributed by atoms with Gasteiger partial charge in [-0.25, -0.2) is 9.40 Å². The van der Waals surface area contributed by atoms with Crippen LogP contribution in [0.15, 0.2) is 101 Å². The number of halogens is 1. The Hall–Kier alpha value is -5.01. The predicted octanol–water partition coefficient (Wildman–Crippen LogP) is 5.94. The molecular weight excluding hydrogens is 640 g/mol. The number of ether oxygens (including phenoxy) is 2. The van der Waals surface area contributed by atoms with E-state index >= 15 is 0 Å². The Morgan fingerprint density at radius 1 is 0.979 bits per heavy atom.